The molecule has 0 bridgehead atoms. The normalized spacial score (nSPS) is 23.6. The SMILES string of the molecule is CCCc1nc(N2CCC(N3CCCC3)C2)sc1C=O. The third kappa shape index (κ3) is 2.74. The van der Waals surface area contributed by atoms with Crippen LogP contribution in [0.5, 0.6) is 0 Å². The number of nitrogens with zero attached hydrogens (tertiary/aromatic N) is 3. The molecular weight excluding hydrogens is 270 g/mol. The van der Waals surface area contributed by atoms with Gasteiger partial charge < -0.3 is 4.90 Å². The van der Waals surface area contributed by atoms with E-state index in [-0.39, 0.29) is 0 Å². The second kappa shape index (κ2) is 6.22. The van der Waals surface area contributed by atoms with Crippen molar-refractivity contribution in [2.75, 3.05) is 31.1 Å². The molecule has 1 aromatic heterocycles. The molecular formula is C15H23N3OS. The number of thiazole rings is 1. The number of anilines is 1. The number of rotatable bonds is 5. The Bertz CT molecular complexity index is 468. The number of hydrogen-bond acceptors (Lipinski definition) is 5. The summed E-state index contributed by atoms with van der Waals surface area (Å²) in [5, 5.41) is 1.05. The van der Waals surface area contributed by atoms with Gasteiger partial charge in [-0.1, -0.05) is 24.7 Å². The van der Waals surface area contributed by atoms with Crippen LogP contribution in [0, 0.1) is 0 Å². The molecule has 0 aromatic carbocycles. The van der Waals surface area contributed by atoms with Crippen molar-refractivity contribution in [3.8, 4) is 0 Å². The van der Waals surface area contributed by atoms with Crippen molar-refractivity contribution in [2.45, 2.75) is 45.1 Å². The van der Waals surface area contributed by atoms with E-state index in [1.807, 2.05) is 0 Å². The van der Waals surface area contributed by atoms with Crippen molar-refractivity contribution < 1.29 is 4.79 Å². The summed E-state index contributed by atoms with van der Waals surface area (Å²) in [6.45, 7) is 6.82. The Morgan fingerprint density at radius 1 is 1.35 bits per heavy atom. The molecule has 3 rings (SSSR count). The predicted molar refractivity (Wildman–Crippen MR) is 82.9 cm³/mol. The molecule has 5 heteroatoms. The van der Waals surface area contributed by atoms with Crippen molar-refractivity contribution in [3.63, 3.8) is 0 Å². The second-order valence-electron chi connectivity index (χ2n) is 5.81. The van der Waals surface area contributed by atoms with Gasteiger partial charge in [0.25, 0.3) is 0 Å². The summed E-state index contributed by atoms with van der Waals surface area (Å²) in [5.41, 5.74) is 0.993. The molecule has 4 nitrogen and oxygen atoms in total. The zero-order valence-electron chi connectivity index (χ0n) is 12.2. The molecule has 2 saturated heterocycles. The first-order valence-corrected chi connectivity index (χ1v) is 8.57. The number of aldehydes is 1. The predicted octanol–water partition coefficient (Wildman–Crippen LogP) is 2.58. The van der Waals surface area contributed by atoms with Gasteiger partial charge in [0.2, 0.25) is 0 Å². The van der Waals surface area contributed by atoms with Crippen LogP contribution >= 0.6 is 11.3 Å². The van der Waals surface area contributed by atoms with Gasteiger partial charge in [0, 0.05) is 19.1 Å². The summed E-state index contributed by atoms with van der Waals surface area (Å²) >= 11 is 1.57. The minimum Gasteiger partial charge on any atom is -0.346 e. The number of carbonyl (C=O) groups excluding carboxylic acids is 1. The quantitative estimate of drug-likeness (QED) is 0.782. The van der Waals surface area contributed by atoms with Gasteiger partial charge in [0.05, 0.1) is 10.6 Å². The Labute approximate surface area is 124 Å². The fraction of sp³-hybridized carbons (Fsp3) is 0.733. The minimum atomic E-state index is 0.690. The lowest BCUT2D eigenvalue weighted by atomic mass is 10.2. The average Bonchev–Trinajstić information content (AvgIpc) is 3.18. The molecule has 110 valence electrons. The van der Waals surface area contributed by atoms with Gasteiger partial charge in [-0.15, -0.1) is 0 Å². The molecule has 0 aliphatic carbocycles. The number of hydrogen-bond donors (Lipinski definition) is 0. The molecule has 0 spiro atoms. The summed E-state index contributed by atoms with van der Waals surface area (Å²) < 4.78 is 0. The molecule has 1 unspecified atom stereocenters. The van der Waals surface area contributed by atoms with E-state index >= 15 is 0 Å². The van der Waals surface area contributed by atoms with E-state index in [9.17, 15) is 4.79 Å². The lowest BCUT2D eigenvalue weighted by Crippen LogP contribution is -2.35. The maximum absolute atomic E-state index is 11.1. The van der Waals surface area contributed by atoms with Gasteiger partial charge in [0.1, 0.15) is 0 Å². The van der Waals surface area contributed by atoms with E-state index in [0.29, 0.717) is 6.04 Å². The second-order valence-corrected chi connectivity index (χ2v) is 6.82. The number of aryl methyl sites for hydroxylation is 1. The van der Waals surface area contributed by atoms with E-state index in [1.54, 1.807) is 11.3 Å². The molecule has 3 heterocycles. The molecule has 0 saturated carbocycles. The molecule has 0 radical (unpaired) electrons. The summed E-state index contributed by atoms with van der Waals surface area (Å²) in [4.78, 5) is 21.7. The van der Waals surface area contributed by atoms with Gasteiger partial charge in [-0.25, -0.2) is 4.98 Å². The van der Waals surface area contributed by atoms with Crippen LogP contribution in [0.3, 0.4) is 0 Å². The third-order valence-electron chi connectivity index (χ3n) is 4.40. The highest BCUT2D eigenvalue weighted by atomic mass is 32.1. The van der Waals surface area contributed by atoms with Crippen LogP contribution in [0.1, 0.15) is 48.0 Å². The Hall–Kier alpha value is -0.940. The van der Waals surface area contributed by atoms with E-state index in [1.165, 1.54) is 32.4 Å². The Balaban J connectivity index is 1.69. The van der Waals surface area contributed by atoms with Gasteiger partial charge in [-0.2, -0.15) is 0 Å². The highest BCUT2D eigenvalue weighted by Crippen LogP contribution is 2.30. The number of likely N-dealkylation sites (tertiary alicyclic amines) is 1. The topological polar surface area (TPSA) is 36.4 Å². The monoisotopic (exact) mass is 293 g/mol. The maximum Gasteiger partial charge on any atom is 0.186 e. The Kier molecular flexibility index (Phi) is 4.36. The van der Waals surface area contributed by atoms with Gasteiger partial charge in [-0.3, -0.25) is 9.69 Å². The van der Waals surface area contributed by atoms with Crippen LogP contribution in [-0.2, 0) is 6.42 Å². The zero-order chi connectivity index (χ0) is 13.9. The molecule has 0 amide bonds. The molecule has 20 heavy (non-hydrogen) atoms. The summed E-state index contributed by atoms with van der Waals surface area (Å²) in [5.74, 6) is 0. The highest BCUT2D eigenvalue weighted by Gasteiger charge is 2.30. The molecule has 0 N–H and O–H groups in total. The third-order valence-corrected chi connectivity index (χ3v) is 5.48. The number of aromatic nitrogens is 1. The van der Waals surface area contributed by atoms with Crippen molar-refractivity contribution in [1.82, 2.24) is 9.88 Å². The fourth-order valence-electron chi connectivity index (χ4n) is 3.31. The Morgan fingerprint density at radius 3 is 2.85 bits per heavy atom. The molecule has 2 fully saturated rings. The molecule has 1 aromatic rings. The van der Waals surface area contributed by atoms with Gasteiger partial charge >= 0.3 is 0 Å². The first kappa shape index (κ1) is 14.0. The van der Waals surface area contributed by atoms with E-state index < -0.39 is 0 Å². The van der Waals surface area contributed by atoms with Gasteiger partial charge in [-0.05, 0) is 38.8 Å². The van der Waals surface area contributed by atoms with Crippen LogP contribution in [0.25, 0.3) is 0 Å². The van der Waals surface area contributed by atoms with Crippen molar-refractivity contribution in [3.05, 3.63) is 10.6 Å². The smallest absolute Gasteiger partial charge is 0.186 e. The fourth-order valence-corrected chi connectivity index (χ4v) is 4.28. The standard InChI is InChI=1S/C15H23N3OS/c1-2-5-13-14(11-19)20-15(16-13)18-9-6-12(10-18)17-7-3-4-8-17/h11-12H,2-10H2,1H3. The zero-order valence-corrected chi connectivity index (χ0v) is 13.0. The van der Waals surface area contributed by atoms with E-state index in [2.05, 4.69) is 16.7 Å². The van der Waals surface area contributed by atoms with Crippen molar-refractivity contribution in [1.29, 1.82) is 0 Å². The molecule has 2 aliphatic rings. The number of carbonyl (C=O) groups is 1. The van der Waals surface area contributed by atoms with Gasteiger partial charge in [0.15, 0.2) is 11.4 Å². The van der Waals surface area contributed by atoms with E-state index in [4.69, 9.17) is 4.98 Å². The van der Waals surface area contributed by atoms with Crippen LogP contribution < -0.4 is 4.90 Å². The van der Waals surface area contributed by atoms with Crippen LogP contribution in [-0.4, -0.2) is 48.4 Å². The summed E-state index contributed by atoms with van der Waals surface area (Å²) in [6.07, 6.45) is 6.86. The summed E-state index contributed by atoms with van der Waals surface area (Å²) in [6, 6.07) is 0.690. The minimum absolute atomic E-state index is 0.690. The largest absolute Gasteiger partial charge is 0.346 e. The highest BCUT2D eigenvalue weighted by molar-refractivity contribution is 7.17. The van der Waals surface area contributed by atoms with Crippen molar-refractivity contribution >= 4 is 22.8 Å². The van der Waals surface area contributed by atoms with Crippen LogP contribution in [0.4, 0.5) is 5.13 Å². The molecule has 2 aliphatic heterocycles. The van der Waals surface area contributed by atoms with Crippen LogP contribution in [0.2, 0.25) is 0 Å². The Morgan fingerprint density at radius 2 is 2.15 bits per heavy atom. The lowest BCUT2D eigenvalue weighted by molar-refractivity contribution is 0.112. The molecule has 1 atom stereocenters. The van der Waals surface area contributed by atoms with E-state index in [0.717, 1.165) is 47.9 Å². The average molecular weight is 293 g/mol. The first-order chi connectivity index (χ1) is 9.81. The maximum atomic E-state index is 11.1. The lowest BCUT2D eigenvalue weighted by Gasteiger charge is -2.23. The first-order valence-electron chi connectivity index (χ1n) is 7.75. The van der Waals surface area contributed by atoms with Crippen LogP contribution in [0.15, 0.2) is 0 Å². The van der Waals surface area contributed by atoms with Crippen molar-refractivity contribution in [2.24, 2.45) is 0 Å². The summed E-state index contributed by atoms with van der Waals surface area (Å²) in [7, 11) is 0.